The van der Waals surface area contributed by atoms with Gasteiger partial charge in [0.05, 0.1) is 19.5 Å². The van der Waals surface area contributed by atoms with Crippen LogP contribution in [-0.4, -0.2) is 11.1 Å². The van der Waals surface area contributed by atoms with Crippen molar-refractivity contribution in [2.24, 2.45) is 4.99 Å². The highest BCUT2D eigenvalue weighted by molar-refractivity contribution is 9.11. The minimum atomic E-state index is -0.333. The quantitative estimate of drug-likeness (QED) is 0.329. The summed E-state index contributed by atoms with van der Waals surface area (Å²) >= 11 is 8.37. The molecule has 0 saturated carbocycles. The Kier molecular flexibility index (Phi) is 7.13. The first-order chi connectivity index (χ1) is 15.4. The van der Waals surface area contributed by atoms with Gasteiger partial charge in [0.1, 0.15) is 18.2 Å². The summed E-state index contributed by atoms with van der Waals surface area (Å²) < 4.78 is 20.6. The third-order valence-corrected chi connectivity index (χ3v) is 6.58. The highest BCUT2D eigenvalue weighted by Gasteiger charge is 2.24. The zero-order valence-electron chi connectivity index (χ0n) is 16.9. The van der Waals surface area contributed by atoms with Gasteiger partial charge in [-0.2, -0.15) is 0 Å². The smallest absolute Gasteiger partial charge is 0.264 e. The Balaban J connectivity index is 1.50. The van der Waals surface area contributed by atoms with Crippen molar-refractivity contribution >= 4 is 66.5 Å². The standard InChI is InChI=1S/C24H17Br2FN2O2S/c1-14-3-2-4-15(9-14)13-31-22-19(25)10-16(11-20(22)26)12-21-23(30)29-24(32-21)28-18-7-5-17(27)6-8-18/h2-12H,13H2,1H3,(H,28,29,30)/b21-12+. The first-order valence-electron chi connectivity index (χ1n) is 9.60. The number of amides is 1. The number of carbonyl (C=O) groups excluding carboxylic acids is 1. The second-order valence-corrected chi connectivity index (χ2v) is 9.79. The summed E-state index contributed by atoms with van der Waals surface area (Å²) in [6.45, 7) is 2.49. The third-order valence-electron chi connectivity index (χ3n) is 4.49. The van der Waals surface area contributed by atoms with Gasteiger partial charge in [0, 0.05) is 0 Å². The molecular formula is C24H17Br2FN2O2S. The molecule has 0 aliphatic carbocycles. The summed E-state index contributed by atoms with van der Waals surface area (Å²) in [5.74, 6) is 0.124. The molecule has 0 radical (unpaired) electrons. The summed E-state index contributed by atoms with van der Waals surface area (Å²) in [4.78, 5) is 17.2. The number of hydrogen-bond acceptors (Lipinski definition) is 4. The molecule has 3 aromatic rings. The average Bonchev–Trinajstić information content (AvgIpc) is 3.08. The lowest BCUT2D eigenvalue weighted by Crippen LogP contribution is -2.19. The van der Waals surface area contributed by atoms with E-state index in [0.717, 1.165) is 20.1 Å². The minimum absolute atomic E-state index is 0.233. The van der Waals surface area contributed by atoms with Gasteiger partial charge < -0.3 is 10.1 Å². The van der Waals surface area contributed by atoms with Crippen LogP contribution >= 0.6 is 43.6 Å². The Bertz CT molecular complexity index is 1220. The number of rotatable bonds is 5. The predicted octanol–water partition coefficient (Wildman–Crippen LogP) is 7.13. The molecule has 4 nitrogen and oxygen atoms in total. The molecule has 1 heterocycles. The number of ether oxygens (including phenoxy) is 1. The maximum Gasteiger partial charge on any atom is 0.264 e. The maximum absolute atomic E-state index is 13.1. The van der Waals surface area contributed by atoms with E-state index < -0.39 is 0 Å². The lowest BCUT2D eigenvalue weighted by molar-refractivity contribution is -0.115. The van der Waals surface area contributed by atoms with Crippen LogP contribution in [0.15, 0.2) is 79.5 Å². The lowest BCUT2D eigenvalue weighted by atomic mass is 10.1. The van der Waals surface area contributed by atoms with Crippen LogP contribution in [0.3, 0.4) is 0 Å². The monoisotopic (exact) mass is 574 g/mol. The van der Waals surface area contributed by atoms with Crippen LogP contribution in [0.1, 0.15) is 16.7 Å². The van der Waals surface area contributed by atoms with Crippen LogP contribution in [0, 0.1) is 12.7 Å². The normalized spacial score (nSPS) is 15.9. The van der Waals surface area contributed by atoms with Gasteiger partial charge >= 0.3 is 0 Å². The van der Waals surface area contributed by atoms with Crippen molar-refractivity contribution in [1.29, 1.82) is 0 Å². The molecule has 8 heteroatoms. The summed E-state index contributed by atoms with van der Waals surface area (Å²) in [5, 5.41) is 3.18. The van der Waals surface area contributed by atoms with E-state index in [1.165, 1.54) is 29.5 Å². The van der Waals surface area contributed by atoms with Crippen molar-refractivity contribution in [3.8, 4) is 5.75 Å². The molecule has 0 aromatic heterocycles. The second-order valence-electron chi connectivity index (χ2n) is 7.05. The molecule has 1 fully saturated rings. The first kappa shape index (κ1) is 22.8. The molecular weight excluding hydrogens is 559 g/mol. The van der Waals surface area contributed by atoms with Gasteiger partial charge in [-0.3, -0.25) is 4.79 Å². The Morgan fingerprint density at radius 2 is 1.81 bits per heavy atom. The SMILES string of the molecule is Cc1cccc(COc2c(Br)cc(/C=C3/SC(=Nc4ccc(F)cc4)NC3=O)cc2Br)c1. The van der Waals surface area contributed by atoms with Crippen molar-refractivity contribution in [2.75, 3.05) is 0 Å². The van der Waals surface area contributed by atoms with Crippen LogP contribution in [0.2, 0.25) is 0 Å². The highest BCUT2D eigenvalue weighted by Crippen LogP contribution is 2.37. The Hall–Kier alpha value is -2.42. The molecule has 0 bridgehead atoms. The molecule has 162 valence electrons. The molecule has 0 atom stereocenters. The van der Waals surface area contributed by atoms with Crippen LogP contribution in [-0.2, 0) is 11.4 Å². The van der Waals surface area contributed by atoms with Crippen LogP contribution in [0.25, 0.3) is 6.08 Å². The molecule has 1 aliphatic rings. The fourth-order valence-corrected chi connectivity index (χ4v) is 5.32. The minimum Gasteiger partial charge on any atom is -0.487 e. The lowest BCUT2D eigenvalue weighted by Gasteiger charge is -2.12. The van der Waals surface area contributed by atoms with E-state index in [0.29, 0.717) is 28.1 Å². The number of aliphatic imine (C=N–C) groups is 1. The molecule has 1 saturated heterocycles. The number of thioether (sulfide) groups is 1. The van der Waals surface area contributed by atoms with Gasteiger partial charge in [-0.1, -0.05) is 29.8 Å². The van der Waals surface area contributed by atoms with E-state index in [1.54, 1.807) is 18.2 Å². The van der Waals surface area contributed by atoms with Crippen LogP contribution in [0.4, 0.5) is 10.1 Å². The summed E-state index contributed by atoms with van der Waals surface area (Å²) in [5.41, 5.74) is 3.66. The molecule has 3 aromatic carbocycles. The van der Waals surface area contributed by atoms with Crippen molar-refractivity contribution in [2.45, 2.75) is 13.5 Å². The molecule has 4 rings (SSSR count). The van der Waals surface area contributed by atoms with Gasteiger partial charge in [-0.15, -0.1) is 0 Å². The number of carbonyl (C=O) groups is 1. The highest BCUT2D eigenvalue weighted by atomic mass is 79.9. The Labute approximate surface area is 206 Å². The zero-order chi connectivity index (χ0) is 22.7. The summed E-state index contributed by atoms with van der Waals surface area (Å²) in [7, 11) is 0. The fraction of sp³-hybridized carbons (Fsp3) is 0.0833. The number of nitrogens with zero attached hydrogens (tertiary/aromatic N) is 1. The van der Waals surface area contributed by atoms with Crippen LogP contribution in [0.5, 0.6) is 5.75 Å². The van der Waals surface area contributed by atoms with E-state index in [4.69, 9.17) is 4.74 Å². The van der Waals surface area contributed by atoms with Crippen molar-refractivity contribution in [3.05, 3.63) is 97.0 Å². The number of nitrogens with one attached hydrogen (secondary N) is 1. The number of halogens is 3. The number of hydrogen-bond donors (Lipinski definition) is 1. The predicted molar refractivity (Wildman–Crippen MR) is 135 cm³/mol. The summed E-state index contributed by atoms with van der Waals surface area (Å²) in [6, 6.07) is 17.7. The molecule has 32 heavy (non-hydrogen) atoms. The summed E-state index contributed by atoms with van der Waals surface area (Å²) in [6.07, 6.45) is 1.78. The molecule has 1 amide bonds. The maximum atomic E-state index is 13.1. The van der Waals surface area contributed by atoms with Crippen LogP contribution < -0.4 is 10.1 Å². The molecule has 0 unspecified atom stereocenters. The van der Waals surface area contributed by atoms with E-state index in [9.17, 15) is 9.18 Å². The molecule has 1 aliphatic heterocycles. The molecule has 0 spiro atoms. The van der Waals surface area contributed by atoms with Gasteiger partial charge in [0.25, 0.3) is 5.91 Å². The Morgan fingerprint density at radius 1 is 1.09 bits per heavy atom. The topological polar surface area (TPSA) is 50.7 Å². The van der Waals surface area contributed by atoms with E-state index in [2.05, 4.69) is 48.2 Å². The van der Waals surface area contributed by atoms with Gasteiger partial charge in [0.15, 0.2) is 5.17 Å². The average molecular weight is 576 g/mol. The van der Waals surface area contributed by atoms with Crippen molar-refractivity contribution < 1.29 is 13.9 Å². The first-order valence-corrected chi connectivity index (χ1v) is 12.0. The van der Waals surface area contributed by atoms with E-state index in [1.807, 2.05) is 37.3 Å². The molecule has 1 N–H and O–H groups in total. The Morgan fingerprint density at radius 3 is 2.50 bits per heavy atom. The largest absolute Gasteiger partial charge is 0.487 e. The van der Waals surface area contributed by atoms with Crippen molar-refractivity contribution in [1.82, 2.24) is 5.32 Å². The number of amidine groups is 1. The number of benzene rings is 3. The van der Waals surface area contributed by atoms with E-state index >= 15 is 0 Å². The third kappa shape index (κ3) is 5.68. The van der Waals surface area contributed by atoms with E-state index in [-0.39, 0.29) is 11.7 Å². The van der Waals surface area contributed by atoms with Crippen molar-refractivity contribution in [3.63, 3.8) is 0 Å². The van der Waals surface area contributed by atoms with Gasteiger partial charge in [-0.05, 0) is 104 Å². The van der Waals surface area contributed by atoms with Gasteiger partial charge in [-0.25, -0.2) is 9.38 Å². The number of aryl methyl sites for hydroxylation is 1. The fourth-order valence-electron chi connectivity index (χ4n) is 3.02. The second kappa shape index (κ2) is 10.0. The van der Waals surface area contributed by atoms with Gasteiger partial charge in [0.2, 0.25) is 0 Å². The zero-order valence-corrected chi connectivity index (χ0v) is 20.9.